The van der Waals surface area contributed by atoms with Crippen molar-refractivity contribution in [1.82, 2.24) is 4.90 Å². The fraction of sp³-hybridized carbons (Fsp3) is 0.122. The third kappa shape index (κ3) is 7.02. The van der Waals surface area contributed by atoms with E-state index in [0.717, 1.165) is 11.1 Å². The van der Waals surface area contributed by atoms with E-state index in [4.69, 9.17) is 9.47 Å². The maximum Gasteiger partial charge on any atom is 0.339 e. The number of amides is 2. The molecule has 2 amide bonds. The molecule has 0 aromatic heterocycles. The molecular formula is C41H31NO8. The Bertz CT molecular complexity index is 2110. The maximum atomic E-state index is 13.5. The van der Waals surface area contributed by atoms with Gasteiger partial charge < -0.3 is 9.47 Å². The van der Waals surface area contributed by atoms with Crippen molar-refractivity contribution in [3.05, 3.63) is 177 Å². The summed E-state index contributed by atoms with van der Waals surface area (Å²) in [6.07, 6.45) is -2.59. The summed E-state index contributed by atoms with van der Waals surface area (Å²) in [7, 11) is 0. The molecule has 2 atom stereocenters. The number of nitrogens with zero attached hydrogens (tertiary/aromatic N) is 1. The lowest BCUT2D eigenvalue weighted by atomic mass is 9.99. The fourth-order valence-electron chi connectivity index (χ4n) is 5.57. The summed E-state index contributed by atoms with van der Waals surface area (Å²) in [6, 6.07) is 34.5. The van der Waals surface area contributed by atoms with Gasteiger partial charge in [-0.05, 0) is 32.0 Å². The number of fused-ring (bicyclic) bond motifs is 1. The van der Waals surface area contributed by atoms with Crippen LogP contribution in [0.3, 0.4) is 0 Å². The molecule has 5 aromatic carbocycles. The minimum absolute atomic E-state index is 0.0231. The van der Waals surface area contributed by atoms with E-state index >= 15 is 0 Å². The summed E-state index contributed by atoms with van der Waals surface area (Å²) in [5.74, 6) is -4.36. The average molecular weight is 666 g/mol. The molecule has 0 spiro atoms. The Morgan fingerprint density at radius 2 is 0.980 bits per heavy atom. The number of carbonyl (C=O) groups excluding carboxylic acids is 6. The highest BCUT2D eigenvalue weighted by Gasteiger charge is 2.39. The number of imide groups is 1. The topological polar surface area (TPSA) is 124 Å². The van der Waals surface area contributed by atoms with E-state index in [0.29, 0.717) is 27.2 Å². The molecular weight excluding hydrogens is 634 g/mol. The summed E-state index contributed by atoms with van der Waals surface area (Å²) in [5, 5.41) is 0. The quantitative estimate of drug-likeness (QED) is 0.0853. The molecule has 5 aromatic rings. The van der Waals surface area contributed by atoms with E-state index in [-0.39, 0.29) is 16.7 Å². The molecule has 0 unspecified atom stereocenters. The molecule has 9 nitrogen and oxygen atoms in total. The minimum Gasteiger partial charge on any atom is -0.448 e. The number of Topliss-reactive ketones (excluding diaryl/α,β-unsaturated/α-hetero) is 2. The van der Waals surface area contributed by atoms with Crippen molar-refractivity contribution in [3.8, 4) is 0 Å². The molecule has 1 aliphatic heterocycles. The van der Waals surface area contributed by atoms with Gasteiger partial charge in [0.1, 0.15) is 6.54 Å². The fourth-order valence-corrected chi connectivity index (χ4v) is 5.57. The number of esters is 2. The Labute approximate surface area is 288 Å². The highest BCUT2D eigenvalue weighted by Crippen LogP contribution is 2.29. The second kappa shape index (κ2) is 14.3. The van der Waals surface area contributed by atoms with Crippen LogP contribution >= 0.6 is 0 Å². The number of hydrogen-bond acceptors (Lipinski definition) is 8. The van der Waals surface area contributed by atoms with Gasteiger partial charge in [-0.25, -0.2) is 4.79 Å². The van der Waals surface area contributed by atoms with Gasteiger partial charge in [0.05, 0.1) is 16.7 Å². The Balaban J connectivity index is 1.19. The largest absolute Gasteiger partial charge is 0.448 e. The molecule has 1 heterocycles. The average Bonchev–Trinajstić information content (AvgIpc) is 3.37. The number of aryl methyl sites for hydroxylation is 2. The first-order valence-electron chi connectivity index (χ1n) is 15.8. The molecule has 0 fully saturated rings. The van der Waals surface area contributed by atoms with Gasteiger partial charge in [0.2, 0.25) is 11.6 Å². The van der Waals surface area contributed by atoms with Gasteiger partial charge in [-0.2, -0.15) is 0 Å². The van der Waals surface area contributed by atoms with Gasteiger partial charge in [-0.1, -0.05) is 120 Å². The molecule has 6 rings (SSSR count). The lowest BCUT2D eigenvalue weighted by Gasteiger charge is -2.19. The zero-order valence-electron chi connectivity index (χ0n) is 27.2. The normalized spacial score (nSPS) is 13.3. The molecule has 9 heteroatoms. The van der Waals surface area contributed by atoms with Gasteiger partial charge in [0.25, 0.3) is 11.8 Å². The van der Waals surface area contributed by atoms with Crippen molar-refractivity contribution in [3.63, 3.8) is 0 Å². The second-order valence-electron chi connectivity index (χ2n) is 11.9. The standard InChI is InChI=1S/C41H31NO8/c1-25-13-17-27(18-14-25)35(44)37(29-9-5-3-6-10-29)49-34(43)24-42-39(46)32-22-21-31(23-33(32)40(42)47)41(48)50-38(30-11-7-4-8-12-30)36(45)28-19-15-26(2)16-20-28/h3-23,37-38H,24H2,1-2H3/t37-,38+/m0/s1. The monoisotopic (exact) mass is 665 g/mol. The smallest absolute Gasteiger partial charge is 0.339 e. The van der Waals surface area contributed by atoms with Crippen molar-refractivity contribution in [2.75, 3.05) is 6.54 Å². The first kappa shape index (κ1) is 33.4. The molecule has 0 N–H and O–H groups in total. The Hall–Kier alpha value is -6.48. The van der Waals surface area contributed by atoms with E-state index in [1.807, 2.05) is 13.8 Å². The second-order valence-corrected chi connectivity index (χ2v) is 11.9. The van der Waals surface area contributed by atoms with Gasteiger partial charge in [-0.15, -0.1) is 0 Å². The predicted molar refractivity (Wildman–Crippen MR) is 183 cm³/mol. The number of ether oxygens (including phenoxy) is 2. The predicted octanol–water partition coefficient (Wildman–Crippen LogP) is 6.85. The SMILES string of the molecule is Cc1ccc(C(=O)[C@@H](OC(=O)CN2C(=O)c3ccc(C(=O)O[C@@H](C(=O)c4ccc(C)cc4)c4ccccc4)cc3C2=O)c2ccccc2)cc1. The van der Waals surface area contributed by atoms with E-state index in [9.17, 15) is 28.8 Å². The Morgan fingerprint density at radius 1 is 0.540 bits per heavy atom. The molecule has 50 heavy (non-hydrogen) atoms. The number of hydrogen-bond donors (Lipinski definition) is 0. The van der Waals surface area contributed by atoms with Gasteiger partial charge in [-0.3, -0.25) is 28.9 Å². The van der Waals surface area contributed by atoms with Crippen molar-refractivity contribution in [2.45, 2.75) is 26.1 Å². The third-order valence-electron chi connectivity index (χ3n) is 8.32. The molecule has 0 radical (unpaired) electrons. The van der Waals surface area contributed by atoms with Crippen molar-refractivity contribution in [1.29, 1.82) is 0 Å². The summed E-state index contributed by atoms with van der Waals surface area (Å²) in [4.78, 5) is 81.0. The van der Waals surface area contributed by atoms with E-state index in [1.54, 1.807) is 109 Å². The van der Waals surface area contributed by atoms with E-state index in [1.165, 1.54) is 18.2 Å². The lowest BCUT2D eigenvalue weighted by molar-refractivity contribution is -0.147. The summed E-state index contributed by atoms with van der Waals surface area (Å²) < 4.78 is 11.3. The summed E-state index contributed by atoms with van der Waals surface area (Å²) in [6.45, 7) is 3.01. The molecule has 0 aliphatic carbocycles. The van der Waals surface area contributed by atoms with Crippen LogP contribution in [-0.2, 0) is 14.3 Å². The van der Waals surface area contributed by atoms with Crippen LogP contribution in [0.4, 0.5) is 0 Å². The van der Waals surface area contributed by atoms with Crippen molar-refractivity contribution < 1.29 is 38.2 Å². The summed E-state index contributed by atoms with van der Waals surface area (Å²) in [5.41, 5.74) is 3.25. The van der Waals surface area contributed by atoms with Crippen LogP contribution in [0.2, 0.25) is 0 Å². The minimum atomic E-state index is -1.32. The first-order valence-corrected chi connectivity index (χ1v) is 15.8. The number of ketones is 2. The van der Waals surface area contributed by atoms with E-state index in [2.05, 4.69) is 0 Å². The molecule has 0 bridgehead atoms. The van der Waals surface area contributed by atoms with Gasteiger partial charge in [0.15, 0.2) is 12.2 Å². The highest BCUT2D eigenvalue weighted by atomic mass is 16.6. The summed E-state index contributed by atoms with van der Waals surface area (Å²) >= 11 is 0. The van der Waals surface area contributed by atoms with Crippen LogP contribution in [0.5, 0.6) is 0 Å². The number of benzene rings is 5. The molecule has 0 saturated carbocycles. The van der Waals surface area contributed by atoms with Gasteiger partial charge in [0, 0.05) is 22.3 Å². The van der Waals surface area contributed by atoms with Crippen LogP contribution in [0, 0.1) is 13.8 Å². The van der Waals surface area contributed by atoms with Crippen LogP contribution < -0.4 is 0 Å². The van der Waals surface area contributed by atoms with Crippen molar-refractivity contribution in [2.24, 2.45) is 0 Å². The zero-order valence-corrected chi connectivity index (χ0v) is 27.2. The Kier molecular flexibility index (Phi) is 9.58. The number of rotatable bonds is 11. The maximum absolute atomic E-state index is 13.5. The van der Waals surface area contributed by atoms with E-state index < -0.39 is 54.1 Å². The van der Waals surface area contributed by atoms with Crippen molar-refractivity contribution >= 4 is 35.3 Å². The zero-order chi connectivity index (χ0) is 35.4. The van der Waals surface area contributed by atoms with Crippen LogP contribution in [0.15, 0.2) is 127 Å². The van der Waals surface area contributed by atoms with Crippen LogP contribution in [-0.4, -0.2) is 46.8 Å². The third-order valence-corrected chi connectivity index (χ3v) is 8.32. The Morgan fingerprint density at radius 3 is 1.48 bits per heavy atom. The van der Waals surface area contributed by atoms with Gasteiger partial charge >= 0.3 is 11.9 Å². The van der Waals surface area contributed by atoms with Crippen LogP contribution in [0.25, 0.3) is 0 Å². The van der Waals surface area contributed by atoms with Crippen LogP contribution in [0.1, 0.15) is 86.3 Å². The molecule has 248 valence electrons. The lowest BCUT2D eigenvalue weighted by Crippen LogP contribution is -2.36. The molecule has 1 aliphatic rings. The highest BCUT2D eigenvalue weighted by molar-refractivity contribution is 6.23. The number of carbonyl (C=O) groups is 6. The molecule has 0 saturated heterocycles. The first-order chi connectivity index (χ1) is 24.1.